The molecule has 11 heteroatoms. The van der Waals surface area contributed by atoms with Crippen molar-refractivity contribution in [2.75, 3.05) is 23.0 Å². The molecular formula is C28H27FN8O2. The van der Waals surface area contributed by atoms with Gasteiger partial charge < -0.3 is 10.6 Å². The number of para-hydroxylation sites is 1. The Morgan fingerprint density at radius 2 is 1.79 bits per heavy atom. The molecule has 0 saturated carbocycles. The molecule has 39 heavy (non-hydrogen) atoms. The first-order valence-corrected chi connectivity index (χ1v) is 12.3. The Bertz CT molecular complexity index is 1740. The minimum absolute atomic E-state index is 0.0798. The van der Waals surface area contributed by atoms with Crippen molar-refractivity contribution in [2.45, 2.75) is 19.8 Å². The molecule has 0 aliphatic rings. The van der Waals surface area contributed by atoms with Crippen molar-refractivity contribution in [2.24, 2.45) is 7.05 Å². The molecule has 198 valence electrons. The highest BCUT2D eigenvalue weighted by Gasteiger charge is 2.17. The van der Waals surface area contributed by atoms with Gasteiger partial charge in [0, 0.05) is 37.3 Å². The van der Waals surface area contributed by atoms with E-state index in [1.165, 1.54) is 22.8 Å². The summed E-state index contributed by atoms with van der Waals surface area (Å²) in [6, 6.07) is 16.3. The SMILES string of the molecule is CNc1ncc2cc(-c3ccc(F)c(NC(=O)Nc4cc(C(C)C)nn4-c4ccccc4)c3)c(=O)n(C)c2n1. The van der Waals surface area contributed by atoms with Crippen LogP contribution in [0, 0.1) is 5.82 Å². The Balaban J connectivity index is 1.45. The fraction of sp³-hybridized carbons (Fsp3) is 0.179. The topological polar surface area (TPSA) is 119 Å². The van der Waals surface area contributed by atoms with Crippen LogP contribution in [0.25, 0.3) is 27.8 Å². The van der Waals surface area contributed by atoms with Crippen molar-refractivity contribution in [1.82, 2.24) is 24.3 Å². The Kier molecular flexibility index (Phi) is 6.80. The van der Waals surface area contributed by atoms with Crippen molar-refractivity contribution in [3.05, 3.63) is 88.7 Å². The highest BCUT2D eigenvalue weighted by molar-refractivity contribution is 6.00. The summed E-state index contributed by atoms with van der Waals surface area (Å²) < 4.78 is 17.8. The van der Waals surface area contributed by atoms with Crippen LogP contribution in [0.5, 0.6) is 0 Å². The smallest absolute Gasteiger partial charge is 0.324 e. The lowest BCUT2D eigenvalue weighted by atomic mass is 10.1. The first-order chi connectivity index (χ1) is 18.7. The average molecular weight is 527 g/mol. The molecule has 3 heterocycles. The van der Waals surface area contributed by atoms with Crippen LogP contribution >= 0.6 is 0 Å². The number of aryl methyl sites for hydroxylation is 1. The standard InChI is InChI=1S/C28H27FN8O2/c1-16(2)22-14-24(37(35-22)19-8-6-5-7-9-19)33-28(39)32-23-13-17(10-11-21(23)29)20-12-18-15-31-27(30-3)34-25(18)36(4)26(20)38/h5-16H,1-4H3,(H,30,31,34)(H2,32,33,39). The van der Waals surface area contributed by atoms with E-state index < -0.39 is 11.8 Å². The van der Waals surface area contributed by atoms with Gasteiger partial charge in [0.2, 0.25) is 5.95 Å². The number of rotatable bonds is 6. The number of hydrogen-bond acceptors (Lipinski definition) is 6. The van der Waals surface area contributed by atoms with Crippen LogP contribution < -0.4 is 21.5 Å². The fourth-order valence-electron chi connectivity index (χ4n) is 4.17. The highest BCUT2D eigenvalue weighted by atomic mass is 19.1. The third kappa shape index (κ3) is 5.06. The molecule has 0 fully saturated rings. The van der Waals surface area contributed by atoms with Gasteiger partial charge in [0.25, 0.3) is 5.56 Å². The van der Waals surface area contributed by atoms with E-state index in [1.54, 1.807) is 37.1 Å². The number of urea groups is 1. The molecular weight excluding hydrogens is 499 g/mol. The Morgan fingerprint density at radius 1 is 1.03 bits per heavy atom. The Labute approximate surface area is 223 Å². The number of aromatic nitrogens is 5. The summed E-state index contributed by atoms with van der Waals surface area (Å²) in [7, 11) is 3.30. The van der Waals surface area contributed by atoms with Crippen LogP contribution in [0.15, 0.2) is 71.7 Å². The van der Waals surface area contributed by atoms with E-state index in [-0.39, 0.29) is 17.2 Å². The molecule has 0 saturated heterocycles. The number of hydrogen-bond donors (Lipinski definition) is 3. The third-order valence-electron chi connectivity index (χ3n) is 6.26. The zero-order valence-electron chi connectivity index (χ0n) is 21.9. The number of anilines is 3. The number of pyridine rings is 1. The van der Waals surface area contributed by atoms with Crippen LogP contribution in [-0.4, -0.2) is 37.4 Å². The summed E-state index contributed by atoms with van der Waals surface area (Å²) >= 11 is 0. The molecule has 0 bridgehead atoms. The summed E-state index contributed by atoms with van der Waals surface area (Å²) in [5.41, 5.74) is 2.37. The van der Waals surface area contributed by atoms with Gasteiger partial charge in [-0.2, -0.15) is 10.1 Å². The normalized spacial score (nSPS) is 11.1. The maximum atomic E-state index is 14.8. The molecule has 3 N–H and O–H groups in total. The molecule has 2 amide bonds. The van der Waals surface area contributed by atoms with E-state index >= 15 is 0 Å². The highest BCUT2D eigenvalue weighted by Crippen LogP contribution is 2.26. The van der Waals surface area contributed by atoms with Gasteiger partial charge in [0.1, 0.15) is 17.3 Å². The maximum absolute atomic E-state index is 14.8. The lowest BCUT2D eigenvalue weighted by Gasteiger charge is -2.13. The molecule has 5 rings (SSSR count). The van der Waals surface area contributed by atoms with Crippen LogP contribution in [0.4, 0.5) is 26.6 Å². The van der Waals surface area contributed by atoms with Crippen molar-refractivity contribution in [1.29, 1.82) is 0 Å². The zero-order valence-corrected chi connectivity index (χ0v) is 21.9. The fourth-order valence-corrected chi connectivity index (χ4v) is 4.17. The quantitative estimate of drug-likeness (QED) is 0.282. The lowest BCUT2D eigenvalue weighted by molar-refractivity contribution is 0.262. The minimum Gasteiger partial charge on any atom is -0.357 e. The van der Waals surface area contributed by atoms with Crippen molar-refractivity contribution in [3.63, 3.8) is 0 Å². The predicted octanol–water partition coefficient (Wildman–Crippen LogP) is 5.13. The predicted molar refractivity (Wildman–Crippen MR) is 150 cm³/mol. The second-order valence-corrected chi connectivity index (χ2v) is 9.27. The van der Waals surface area contributed by atoms with E-state index in [0.29, 0.717) is 33.9 Å². The van der Waals surface area contributed by atoms with Crippen LogP contribution in [-0.2, 0) is 7.05 Å². The number of halogens is 1. The van der Waals surface area contributed by atoms with Crippen molar-refractivity contribution < 1.29 is 9.18 Å². The van der Waals surface area contributed by atoms with Gasteiger partial charge in [-0.05, 0) is 41.8 Å². The molecule has 2 aromatic carbocycles. The average Bonchev–Trinajstić information content (AvgIpc) is 3.36. The number of nitrogens with zero attached hydrogens (tertiary/aromatic N) is 5. The van der Waals surface area contributed by atoms with Crippen LogP contribution in [0.3, 0.4) is 0 Å². The largest absolute Gasteiger partial charge is 0.357 e. The van der Waals surface area contributed by atoms with E-state index in [2.05, 4.69) is 31.0 Å². The molecule has 0 radical (unpaired) electrons. The van der Waals surface area contributed by atoms with Crippen molar-refractivity contribution >= 4 is 34.5 Å². The number of fused-ring (bicyclic) bond motifs is 1. The van der Waals surface area contributed by atoms with E-state index in [1.807, 2.05) is 44.2 Å². The number of amides is 2. The molecule has 0 unspecified atom stereocenters. The summed E-state index contributed by atoms with van der Waals surface area (Å²) in [6.45, 7) is 4.01. The van der Waals surface area contributed by atoms with E-state index in [0.717, 1.165) is 11.4 Å². The van der Waals surface area contributed by atoms with Gasteiger partial charge in [0.05, 0.1) is 17.1 Å². The molecule has 5 aromatic rings. The summed E-state index contributed by atoms with van der Waals surface area (Å²) in [5, 5.41) is 13.4. The van der Waals surface area contributed by atoms with Gasteiger partial charge in [-0.1, -0.05) is 38.1 Å². The van der Waals surface area contributed by atoms with Gasteiger partial charge in [-0.3, -0.25) is 14.7 Å². The number of nitrogens with one attached hydrogen (secondary N) is 3. The van der Waals surface area contributed by atoms with Crippen LogP contribution in [0.2, 0.25) is 0 Å². The number of benzene rings is 2. The molecule has 3 aromatic heterocycles. The first-order valence-electron chi connectivity index (χ1n) is 12.3. The molecule has 0 aliphatic heterocycles. The summed E-state index contributed by atoms with van der Waals surface area (Å²) in [4.78, 5) is 34.7. The van der Waals surface area contributed by atoms with Gasteiger partial charge in [-0.25, -0.2) is 18.9 Å². The summed E-state index contributed by atoms with van der Waals surface area (Å²) in [5.74, 6) is 0.308. The second-order valence-electron chi connectivity index (χ2n) is 9.27. The van der Waals surface area contributed by atoms with Crippen molar-refractivity contribution in [3.8, 4) is 16.8 Å². The van der Waals surface area contributed by atoms with E-state index in [9.17, 15) is 14.0 Å². The maximum Gasteiger partial charge on any atom is 0.324 e. The summed E-state index contributed by atoms with van der Waals surface area (Å²) in [6.07, 6.45) is 1.61. The Hall–Kier alpha value is -5.06. The van der Waals surface area contributed by atoms with Gasteiger partial charge in [0.15, 0.2) is 0 Å². The Morgan fingerprint density at radius 3 is 2.51 bits per heavy atom. The number of carbonyl (C=O) groups is 1. The van der Waals surface area contributed by atoms with Crippen LogP contribution in [0.1, 0.15) is 25.5 Å². The third-order valence-corrected chi connectivity index (χ3v) is 6.26. The lowest BCUT2D eigenvalue weighted by Crippen LogP contribution is -2.22. The minimum atomic E-state index is -0.655. The van der Waals surface area contributed by atoms with E-state index in [4.69, 9.17) is 0 Å². The molecule has 0 spiro atoms. The molecule has 0 aliphatic carbocycles. The molecule has 10 nitrogen and oxygen atoms in total. The second kappa shape index (κ2) is 10.4. The van der Waals surface area contributed by atoms with Gasteiger partial charge in [-0.15, -0.1) is 0 Å². The zero-order chi connectivity index (χ0) is 27.7. The monoisotopic (exact) mass is 526 g/mol. The number of carbonyl (C=O) groups excluding carboxylic acids is 1. The first kappa shape index (κ1) is 25.6. The molecule has 0 atom stereocenters. The van der Waals surface area contributed by atoms with Gasteiger partial charge >= 0.3 is 6.03 Å².